The van der Waals surface area contributed by atoms with Crippen molar-refractivity contribution in [2.45, 2.75) is 240 Å². The number of hydrogen-bond acceptors (Lipinski definition) is 24. The van der Waals surface area contributed by atoms with Crippen molar-refractivity contribution in [3.05, 3.63) is 143 Å². The van der Waals surface area contributed by atoms with E-state index in [-0.39, 0.29) is 103 Å². The Morgan fingerprint density at radius 1 is 0.634 bits per heavy atom. The zero-order chi connectivity index (χ0) is 98.5. The van der Waals surface area contributed by atoms with Crippen molar-refractivity contribution >= 4 is 144 Å². The summed E-state index contributed by atoms with van der Waals surface area (Å²) in [5.74, 6) is -16.7. The summed E-state index contributed by atoms with van der Waals surface area (Å²) in [7, 11) is 3.18. The number of nitrogens with one attached hydrogen (secondary N) is 14. The number of aliphatic hydroxyl groups is 1. The predicted octanol–water partition coefficient (Wildman–Crippen LogP) is 0.0201. The second-order valence-electron chi connectivity index (χ2n) is 35.1. The summed E-state index contributed by atoms with van der Waals surface area (Å²) in [6.45, 7) is 14.8. The number of nitrogens with zero attached hydrogens (tertiary/aromatic N) is 2. The van der Waals surface area contributed by atoms with E-state index < -0.39 is 214 Å². The Kier molecular flexibility index (Phi) is 39.6. The fraction of sp³-hybridized carbons (Fsp3) is 0.500. The number of carbonyl (C=O) groups excluding carboxylic acids is 16. The first kappa shape index (κ1) is 107. The van der Waals surface area contributed by atoms with Gasteiger partial charge in [0.05, 0.1) is 19.1 Å². The normalized spacial score (nSPS) is 19.6. The number of aliphatic carboxylic acids is 1. The molecule has 6 aromatic rings. The van der Waals surface area contributed by atoms with Gasteiger partial charge in [0, 0.05) is 131 Å². The van der Waals surface area contributed by atoms with Crippen LogP contribution in [-0.4, -0.2) is 260 Å². The number of aliphatic hydroxyl groups excluding tert-OH is 1. The number of pyridine rings is 1. The maximum atomic E-state index is 16.4. The molecule has 726 valence electrons. The molecular weight excluding hydrogens is 1770 g/mol. The Bertz CT molecular complexity index is 5210. The number of carboxylic acids is 1. The molecule has 22 N–H and O–H groups in total. The van der Waals surface area contributed by atoms with Crippen LogP contribution >= 0.6 is 21.6 Å². The molecule has 2 saturated heterocycles. The molecule has 0 spiro atoms. The van der Waals surface area contributed by atoms with Gasteiger partial charge in [-0.3, -0.25) is 86.5 Å². The van der Waals surface area contributed by atoms with E-state index in [4.69, 9.17) is 26.7 Å². The minimum Gasteiger partial charge on any atom is -0.492 e. The Morgan fingerprint density at radius 2 is 1.25 bits per heavy atom. The van der Waals surface area contributed by atoms with Crippen LogP contribution in [0.15, 0.2) is 116 Å². The van der Waals surface area contributed by atoms with Crippen LogP contribution in [-0.2, 0) is 112 Å². The van der Waals surface area contributed by atoms with Gasteiger partial charge in [0.25, 0.3) is 0 Å². The standard InChI is InChI=1S/C92H125N19O21S2/c1-50(2)40-65-83(124)108-75(52(4)112)85(126)103-68(45-60-48-98-74-51(3)18-16-22-62(60)74)81(122)100-63(23-14-15-36-97-53(5)113)79(120)109-77(91(9,10)134-133-90(7,8)76(86(127)104-65)99-54(6)114)87(128)105-66(42-55-25-28-61(29-26-55)132-39-34-93)80(121)101-67(43-56-24-27-58-20-12-13-21-59(58)41-56)84(125)110-92(32-37-131-38-33-92)89(130)107-64(30-31-73(117)118)78(119)102-69(46-71(94)115)82(123)106-70(44-57-19-17-35-96-47-57)88(129)111(11)49-72(95)116/h12-13,16-22,24-29,35,41,47-48,50,52,63-70,75-77,98,112H,14-15,23,30-34,36-40,42-46,49,93H2,1-11H3,(H2,94,115)(H2,95,116)(H,97,113)(H,99,114)(H,100,122)(H,101,121)(H,102,119)(H,103,126)(H,104,127)(H,105,128)(H,106,123)(H,107,130)(H,108,124)(H,109,120)(H,110,125)(H,117,118)/t52-,63+,64+,65+,66+,67+,68+,69+,70+,75+,76-,77-/m1/s1. The van der Waals surface area contributed by atoms with Gasteiger partial charge in [-0.1, -0.05) is 114 Å². The molecule has 4 heterocycles. The van der Waals surface area contributed by atoms with Crippen molar-refractivity contribution in [2.75, 3.05) is 46.5 Å². The summed E-state index contributed by atoms with van der Waals surface area (Å²) >= 11 is 0. The molecule has 0 bridgehead atoms. The van der Waals surface area contributed by atoms with Crippen LogP contribution < -0.4 is 91.1 Å². The van der Waals surface area contributed by atoms with Crippen LogP contribution in [0.25, 0.3) is 21.7 Å². The molecule has 2 fully saturated rings. The number of aromatic amines is 1. The number of nitrogens with two attached hydrogens (primary N) is 3. The SMILES string of the molecule is CC(=O)NCCCC[C@@H]1NC(=O)[C@H](Cc2c[nH]c3c(C)cccc23)NC(=O)[C@H]([C@@H](C)O)NC(=O)[C@H](CC(C)C)NC(=O)[C@@H](NC(C)=O)C(C)(C)SSC(C)(C)[C@@H](C(=O)N[C@@H](Cc2ccc(OCCN)cc2)C(=O)N[C@@H](Cc2ccc3ccccc3c2)C(=O)NC2(C(=O)N[C@@H](CCC(=O)O)C(=O)N[C@@H](CC(N)=O)C(=O)N[C@@H](Cc3cccnc3)C(=O)N(C)CC(N)=O)CCOCC2)NC1=O. The van der Waals surface area contributed by atoms with E-state index in [1.54, 1.807) is 127 Å². The van der Waals surface area contributed by atoms with Crippen LogP contribution in [0.5, 0.6) is 5.75 Å². The van der Waals surface area contributed by atoms with Crippen LogP contribution in [0.4, 0.5) is 0 Å². The van der Waals surface area contributed by atoms with Gasteiger partial charge in [-0.25, -0.2) is 0 Å². The summed E-state index contributed by atoms with van der Waals surface area (Å²) < 4.78 is 8.46. The Hall–Kier alpha value is -12.8. The number of carbonyl (C=O) groups is 17. The molecule has 42 heteroatoms. The molecule has 0 radical (unpaired) electrons. The molecule has 4 aromatic carbocycles. The minimum absolute atomic E-state index is 0.0335. The molecule has 2 aliphatic heterocycles. The summed E-state index contributed by atoms with van der Waals surface area (Å²) in [6.07, 6.45) is -1.31. The first-order chi connectivity index (χ1) is 63.4. The number of fused-ring (bicyclic) bond motifs is 2. The Labute approximate surface area is 784 Å². The number of rotatable bonds is 40. The predicted molar refractivity (Wildman–Crippen MR) is 499 cm³/mol. The molecule has 2 aromatic heterocycles. The number of amides is 16. The van der Waals surface area contributed by atoms with Gasteiger partial charge in [0.15, 0.2) is 0 Å². The lowest BCUT2D eigenvalue weighted by Crippen LogP contribution is -2.67. The molecule has 12 atom stereocenters. The van der Waals surface area contributed by atoms with Gasteiger partial charge in [0.1, 0.15) is 84.4 Å². The van der Waals surface area contributed by atoms with Gasteiger partial charge in [0.2, 0.25) is 94.5 Å². The van der Waals surface area contributed by atoms with Crippen LogP contribution in [0.3, 0.4) is 0 Å². The second-order valence-corrected chi connectivity index (χ2v) is 38.6. The fourth-order valence-electron chi connectivity index (χ4n) is 15.4. The smallest absolute Gasteiger partial charge is 0.303 e. The van der Waals surface area contributed by atoms with E-state index in [0.29, 0.717) is 44.3 Å². The van der Waals surface area contributed by atoms with E-state index in [1.807, 2.05) is 25.1 Å². The number of aromatic nitrogens is 2. The first-order valence-electron chi connectivity index (χ1n) is 44.2. The maximum absolute atomic E-state index is 16.4. The monoisotopic (exact) mass is 1900 g/mol. The van der Waals surface area contributed by atoms with E-state index in [2.05, 4.69) is 79.1 Å². The van der Waals surface area contributed by atoms with Crippen molar-refractivity contribution in [3.8, 4) is 5.75 Å². The van der Waals surface area contributed by atoms with Crippen molar-refractivity contribution < 1.29 is 101 Å². The molecule has 8 rings (SSSR count). The molecule has 40 nitrogen and oxygen atoms in total. The lowest BCUT2D eigenvalue weighted by atomic mass is 9.87. The second kappa shape index (κ2) is 49.8. The topological polar surface area (TPSA) is 615 Å². The van der Waals surface area contributed by atoms with Crippen molar-refractivity contribution in [1.82, 2.24) is 84.0 Å². The van der Waals surface area contributed by atoms with Crippen molar-refractivity contribution in [2.24, 2.45) is 23.1 Å². The number of para-hydroxylation sites is 1. The third-order valence-electron chi connectivity index (χ3n) is 22.7. The number of ether oxygens (including phenoxy) is 2. The maximum Gasteiger partial charge on any atom is 0.303 e. The van der Waals surface area contributed by atoms with E-state index in [1.165, 1.54) is 40.2 Å². The zero-order valence-electron chi connectivity index (χ0n) is 77.0. The average molecular weight is 1900 g/mol. The number of benzene rings is 4. The summed E-state index contributed by atoms with van der Waals surface area (Å²) in [5.41, 5.74) is 18.0. The van der Waals surface area contributed by atoms with Crippen LogP contribution in [0.1, 0.15) is 148 Å². The number of carboxylic acid groups (broad SMARTS) is 1. The third kappa shape index (κ3) is 31.7. The molecule has 0 unspecified atom stereocenters. The quantitative estimate of drug-likeness (QED) is 0.0178. The number of likely N-dealkylation sites (N-methyl/N-ethyl adjacent to an activating group) is 1. The van der Waals surface area contributed by atoms with Gasteiger partial charge in [-0.2, -0.15) is 0 Å². The average Bonchev–Trinajstić information content (AvgIpc) is 1.79. The first-order valence-corrected chi connectivity index (χ1v) is 46.4. The van der Waals surface area contributed by atoms with E-state index >= 15 is 33.6 Å². The van der Waals surface area contributed by atoms with Gasteiger partial charge in [-0.15, -0.1) is 0 Å². The Morgan fingerprint density at radius 3 is 1.89 bits per heavy atom. The van der Waals surface area contributed by atoms with Gasteiger partial charge < -0.3 is 116 Å². The minimum atomic E-state index is -2.09. The van der Waals surface area contributed by atoms with Crippen LogP contribution in [0, 0.1) is 12.8 Å². The molecule has 0 aliphatic carbocycles. The molecule has 0 saturated carbocycles. The number of unbranched alkanes of at least 4 members (excludes halogenated alkanes) is 1. The fourth-order valence-corrected chi connectivity index (χ4v) is 18.3. The summed E-state index contributed by atoms with van der Waals surface area (Å²) in [5, 5.41) is 58.8. The number of aryl methyl sites for hydroxylation is 1. The zero-order valence-corrected chi connectivity index (χ0v) is 78.6. The Balaban J connectivity index is 1.22. The van der Waals surface area contributed by atoms with Crippen LogP contribution in [0.2, 0.25) is 0 Å². The van der Waals surface area contributed by atoms with Crippen molar-refractivity contribution in [1.29, 1.82) is 0 Å². The highest BCUT2D eigenvalue weighted by Crippen LogP contribution is 2.47. The molecule has 2 aliphatic rings. The summed E-state index contributed by atoms with van der Waals surface area (Å²) in [6, 6.07) is 8.86. The summed E-state index contributed by atoms with van der Waals surface area (Å²) in [4.78, 5) is 254. The highest BCUT2D eigenvalue weighted by Gasteiger charge is 2.49. The molecule has 134 heavy (non-hydrogen) atoms. The largest absolute Gasteiger partial charge is 0.492 e. The molecule has 16 amide bonds. The number of primary amides is 2. The van der Waals surface area contributed by atoms with E-state index in [9.17, 15) is 58.2 Å². The van der Waals surface area contributed by atoms with Gasteiger partial charge in [-0.05, 0) is 136 Å². The lowest BCUT2D eigenvalue weighted by molar-refractivity contribution is -0.142. The van der Waals surface area contributed by atoms with Gasteiger partial charge >= 0.3 is 5.97 Å². The number of H-pyrrole nitrogens is 1. The van der Waals surface area contributed by atoms with Crippen molar-refractivity contribution in [3.63, 3.8) is 0 Å². The van der Waals surface area contributed by atoms with E-state index in [0.717, 1.165) is 37.4 Å². The lowest BCUT2D eigenvalue weighted by Gasteiger charge is -2.39. The highest BCUT2D eigenvalue weighted by atomic mass is 33.1. The third-order valence-corrected chi connectivity index (χ3v) is 26.9. The molecular formula is C92H125N19O21S2. The number of hydrogen-bond donors (Lipinski definition) is 19. The highest BCUT2D eigenvalue weighted by molar-refractivity contribution is 8.77.